The zero-order valence-electron chi connectivity index (χ0n) is 28.3. The fraction of sp³-hybridized carbons (Fsp3) is 0. The smallest absolute Gasteiger partial charge is 0.136 e. The first-order valence-electron chi connectivity index (χ1n) is 17.8. The molecular weight excluding hydrogens is 631 g/mol. The highest BCUT2D eigenvalue weighted by Crippen LogP contribution is 2.43. The van der Waals surface area contributed by atoms with Gasteiger partial charge in [0.25, 0.3) is 0 Å². The van der Waals surface area contributed by atoms with Crippen LogP contribution in [0.3, 0.4) is 0 Å². The lowest BCUT2D eigenvalue weighted by molar-refractivity contribution is 0.669. The summed E-state index contributed by atoms with van der Waals surface area (Å²) >= 11 is 0. The van der Waals surface area contributed by atoms with Crippen molar-refractivity contribution in [2.75, 3.05) is 4.90 Å². The van der Waals surface area contributed by atoms with E-state index in [1.54, 1.807) is 0 Å². The monoisotopic (exact) mass is 661 g/mol. The maximum atomic E-state index is 6.29. The summed E-state index contributed by atoms with van der Waals surface area (Å²) in [6.07, 6.45) is 0. The van der Waals surface area contributed by atoms with Crippen LogP contribution in [0, 0.1) is 0 Å². The summed E-state index contributed by atoms with van der Waals surface area (Å²) in [5, 5.41) is 14.8. The lowest BCUT2D eigenvalue weighted by Crippen LogP contribution is -2.10. The van der Waals surface area contributed by atoms with Crippen molar-refractivity contribution in [1.82, 2.24) is 0 Å². The van der Waals surface area contributed by atoms with E-state index in [1.807, 2.05) is 12.1 Å². The van der Waals surface area contributed by atoms with E-state index in [-0.39, 0.29) is 0 Å². The predicted molar refractivity (Wildman–Crippen MR) is 221 cm³/mol. The molecule has 242 valence electrons. The van der Waals surface area contributed by atoms with Crippen molar-refractivity contribution in [3.8, 4) is 11.1 Å². The Bertz CT molecular complexity index is 3200. The van der Waals surface area contributed by atoms with Crippen molar-refractivity contribution in [3.05, 3.63) is 188 Å². The molecule has 0 fully saturated rings. The van der Waals surface area contributed by atoms with E-state index < -0.39 is 0 Å². The third kappa shape index (κ3) is 4.44. The summed E-state index contributed by atoms with van der Waals surface area (Å²) in [5.41, 5.74) is 7.41. The minimum absolute atomic E-state index is 0.900. The van der Waals surface area contributed by atoms with Crippen LogP contribution in [0.5, 0.6) is 0 Å². The van der Waals surface area contributed by atoms with Crippen LogP contribution in [-0.4, -0.2) is 0 Å². The maximum Gasteiger partial charge on any atom is 0.136 e. The van der Waals surface area contributed by atoms with E-state index in [4.69, 9.17) is 4.42 Å². The van der Waals surface area contributed by atoms with Crippen molar-refractivity contribution in [2.24, 2.45) is 0 Å². The Balaban J connectivity index is 1.18. The van der Waals surface area contributed by atoms with E-state index >= 15 is 0 Å². The van der Waals surface area contributed by atoms with E-state index in [0.717, 1.165) is 50.1 Å². The van der Waals surface area contributed by atoms with Gasteiger partial charge in [0.1, 0.15) is 11.2 Å². The van der Waals surface area contributed by atoms with Crippen LogP contribution in [-0.2, 0) is 0 Å². The third-order valence-electron chi connectivity index (χ3n) is 10.8. The molecule has 10 aromatic carbocycles. The molecule has 1 heterocycles. The van der Waals surface area contributed by atoms with Gasteiger partial charge < -0.3 is 9.32 Å². The fourth-order valence-corrected chi connectivity index (χ4v) is 8.36. The van der Waals surface area contributed by atoms with Gasteiger partial charge in [0.05, 0.1) is 0 Å². The Kier molecular flexibility index (Phi) is 6.28. The Morgan fingerprint density at radius 3 is 1.69 bits per heavy atom. The molecular formula is C50H31NO. The number of benzene rings is 10. The van der Waals surface area contributed by atoms with Crippen LogP contribution >= 0.6 is 0 Å². The number of hydrogen-bond acceptors (Lipinski definition) is 2. The first kappa shape index (κ1) is 28.9. The van der Waals surface area contributed by atoms with E-state index in [1.165, 1.54) is 53.9 Å². The summed E-state index contributed by atoms with van der Waals surface area (Å²) in [6, 6.07) is 68.2. The molecule has 0 amide bonds. The standard InChI is InChI=1S/C50H31NO/c1-2-11-37-29-40(27-25-32(37)9-1)51(39-13-7-12-38(30-39)43-16-8-18-47-50(43)44-15-5-6-17-46(44)52-47)41-28-26-34-20-22-36-24-23-35-21-19-33-10-3-4-14-42(33)48(35)49(36)45(34)31-41/h1-31H. The molecule has 2 heteroatoms. The first-order chi connectivity index (χ1) is 25.8. The SMILES string of the molecule is c1cc(-c2cccc3oc4ccccc4c23)cc(N(c2ccc3ccccc3c2)c2ccc3ccc4ccc5ccc6ccccc6c5c4c3c2)c1. The van der Waals surface area contributed by atoms with Crippen molar-refractivity contribution in [1.29, 1.82) is 0 Å². The van der Waals surface area contributed by atoms with Crippen LogP contribution in [0.1, 0.15) is 0 Å². The second kappa shape index (κ2) is 11.3. The topological polar surface area (TPSA) is 16.4 Å². The van der Waals surface area contributed by atoms with E-state index in [0.29, 0.717) is 0 Å². The molecule has 1 aromatic heterocycles. The molecule has 0 bridgehead atoms. The fourth-order valence-electron chi connectivity index (χ4n) is 8.36. The van der Waals surface area contributed by atoms with Gasteiger partial charge in [-0.25, -0.2) is 0 Å². The molecule has 0 aliphatic heterocycles. The van der Waals surface area contributed by atoms with Gasteiger partial charge in [-0.05, 0) is 114 Å². The molecule has 52 heavy (non-hydrogen) atoms. The van der Waals surface area contributed by atoms with Crippen LogP contribution in [0.15, 0.2) is 192 Å². The maximum absolute atomic E-state index is 6.29. The molecule has 0 unspecified atom stereocenters. The van der Waals surface area contributed by atoms with Gasteiger partial charge in [-0.3, -0.25) is 0 Å². The number of furan rings is 1. The second-order valence-corrected chi connectivity index (χ2v) is 13.7. The number of para-hydroxylation sites is 1. The second-order valence-electron chi connectivity index (χ2n) is 13.7. The van der Waals surface area contributed by atoms with E-state index in [9.17, 15) is 0 Å². The van der Waals surface area contributed by atoms with Crippen molar-refractivity contribution in [2.45, 2.75) is 0 Å². The number of nitrogens with zero attached hydrogens (tertiary/aromatic N) is 1. The van der Waals surface area contributed by atoms with Crippen LogP contribution in [0.25, 0.3) is 86.9 Å². The molecule has 0 atom stereocenters. The van der Waals surface area contributed by atoms with Crippen molar-refractivity contribution in [3.63, 3.8) is 0 Å². The lowest BCUT2D eigenvalue weighted by atomic mass is 9.92. The molecule has 0 saturated heterocycles. The highest BCUT2D eigenvalue weighted by molar-refractivity contribution is 6.27. The normalized spacial score (nSPS) is 11.8. The van der Waals surface area contributed by atoms with Gasteiger partial charge in [-0.1, -0.05) is 140 Å². The highest BCUT2D eigenvalue weighted by atomic mass is 16.3. The van der Waals surface area contributed by atoms with Crippen LogP contribution in [0.4, 0.5) is 17.1 Å². The molecule has 11 rings (SSSR count). The third-order valence-corrected chi connectivity index (χ3v) is 10.8. The number of hydrogen-bond donors (Lipinski definition) is 0. The van der Waals surface area contributed by atoms with Gasteiger partial charge in [0.2, 0.25) is 0 Å². The molecule has 2 nitrogen and oxygen atoms in total. The molecule has 0 N–H and O–H groups in total. The zero-order chi connectivity index (χ0) is 34.2. The van der Waals surface area contributed by atoms with Crippen molar-refractivity contribution >= 4 is 92.9 Å². The zero-order valence-corrected chi connectivity index (χ0v) is 28.3. The Morgan fingerprint density at radius 1 is 0.308 bits per heavy atom. The summed E-state index contributed by atoms with van der Waals surface area (Å²) in [4.78, 5) is 2.41. The van der Waals surface area contributed by atoms with Gasteiger partial charge in [-0.2, -0.15) is 0 Å². The molecule has 0 aliphatic carbocycles. The predicted octanol–water partition coefficient (Wildman–Crippen LogP) is 14.5. The molecule has 0 aliphatic rings. The van der Waals surface area contributed by atoms with Gasteiger partial charge in [-0.15, -0.1) is 0 Å². The molecule has 0 spiro atoms. The largest absolute Gasteiger partial charge is 0.456 e. The lowest BCUT2D eigenvalue weighted by Gasteiger charge is -2.27. The van der Waals surface area contributed by atoms with Crippen molar-refractivity contribution < 1.29 is 4.42 Å². The quantitative estimate of drug-likeness (QED) is 0.175. The summed E-state index contributed by atoms with van der Waals surface area (Å²) in [6.45, 7) is 0. The Hall–Kier alpha value is -6.90. The van der Waals surface area contributed by atoms with Gasteiger partial charge >= 0.3 is 0 Å². The minimum Gasteiger partial charge on any atom is -0.456 e. The summed E-state index contributed by atoms with van der Waals surface area (Å²) in [5.74, 6) is 0. The summed E-state index contributed by atoms with van der Waals surface area (Å²) in [7, 11) is 0. The van der Waals surface area contributed by atoms with Crippen LogP contribution in [0.2, 0.25) is 0 Å². The summed E-state index contributed by atoms with van der Waals surface area (Å²) < 4.78 is 6.29. The molecule has 0 radical (unpaired) electrons. The van der Waals surface area contributed by atoms with Crippen LogP contribution < -0.4 is 4.90 Å². The Morgan fingerprint density at radius 2 is 0.865 bits per heavy atom. The number of anilines is 3. The minimum atomic E-state index is 0.900. The average Bonchev–Trinajstić information content (AvgIpc) is 3.60. The average molecular weight is 662 g/mol. The van der Waals surface area contributed by atoms with Gasteiger partial charge in [0, 0.05) is 27.8 Å². The van der Waals surface area contributed by atoms with Gasteiger partial charge in [0.15, 0.2) is 0 Å². The molecule has 11 aromatic rings. The van der Waals surface area contributed by atoms with E-state index in [2.05, 4.69) is 181 Å². The highest BCUT2D eigenvalue weighted by Gasteiger charge is 2.18. The first-order valence-corrected chi connectivity index (χ1v) is 17.8. The number of fused-ring (bicyclic) bond motifs is 11. The molecule has 0 saturated carbocycles. The Labute approximate surface area is 300 Å². The number of rotatable bonds is 4.